The van der Waals surface area contributed by atoms with E-state index in [1.807, 2.05) is 0 Å². The standard InChI is InChI=1S/C13H22N6O2/c1-9-3-2-4-10(7-9)5-6-15-12-11(19(20)21)8-16-13(17-12)18-14/h8-10H,2-7,14H2,1H3,(H2,15,16,17,18). The Kier molecular flexibility index (Phi) is 5.26. The molecular formula is C13H22N6O2. The van der Waals surface area contributed by atoms with Crippen molar-refractivity contribution in [2.24, 2.45) is 17.7 Å². The van der Waals surface area contributed by atoms with Crippen LogP contribution in [0, 0.1) is 22.0 Å². The van der Waals surface area contributed by atoms with Gasteiger partial charge in [-0.05, 0) is 24.7 Å². The van der Waals surface area contributed by atoms with Crippen LogP contribution in [-0.4, -0.2) is 21.4 Å². The topological polar surface area (TPSA) is 119 Å². The Hall–Kier alpha value is -1.96. The molecule has 1 aromatic heterocycles. The highest BCUT2D eigenvalue weighted by Crippen LogP contribution is 2.31. The minimum absolute atomic E-state index is 0.133. The fourth-order valence-corrected chi connectivity index (χ4v) is 2.93. The van der Waals surface area contributed by atoms with Crippen molar-refractivity contribution < 1.29 is 4.92 Å². The lowest BCUT2D eigenvalue weighted by Crippen LogP contribution is -2.18. The summed E-state index contributed by atoms with van der Waals surface area (Å²) in [6, 6.07) is 0. The Morgan fingerprint density at radius 2 is 2.33 bits per heavy atom. The smallest absolute Gasteiger partial charge is 0.329 e. The fraction of sp³-hybridized carbons (Fsp3) is 0.692. The van der Waals surface area contributed by atoms with Gasteiger partial charge in [0, 0.05) is 6.54 Å². The maximum atomic E-state index is 11.0. The summed E-state index contributed by atoms with van der Waals surface area (Å²) < 4.78 is 0. The highest BCUT2D eigenvalue weighted by molar-refractivity contribution is 5.56. The van der Waals surface area contributed by atoms with Crippen molar-refractivity contribution in [3.05, 3.63) is 16.3 Å². The van der Waals surface area contributed by atoms with Crippen molar-refractivity contribution in [3.8, 4) is 0 Å². The molecule has 1 aliphatic rings. The van der Waals surface area contributed by atoms with Crippen LogP contribution in [0.2, 0.25) is 0 Å². The maximum Gasteiger partial charge on any atom is 0.329 e. The number of hydrazine groups is 1. The first-order valence-corrected chi connectivity index (χ1v) is 7.32. The lowest BCUT2D eigenvalue weighted by Gasteiger charge is -2.26. The number of nitro groups is 1. The third-order valence-corrected chi connectivity index (χ3v) is 3.99. The third kappa shape index (κ3) is 4.25. The van der Waals surface area contributed by atoms with Crippen molar-refractivity contribution >= 4 is 17.5 Å². The third-order valence-electron chi connectivity index (χ3n) is 3.99. The Balaban J connectivity index is 1.93. The predicted octanol–water partition coefficient (Wildman–Crippen LogP) is 2.30. The van der Waals surface area contributed by atoms with Gasteiger partial charge in [0.15, 0.2) is 0 Å². The van der Waals surface area contributed by atoms with E-state index < -0.39 is 4.92 Å². The van der Waals surface area contributed by atoms with Gasteiger partial charge in [-0.25, -0.2) is 10.8 Å². The summed E-state index contributed by atoms with van der Waals surface area (Å²) in [7, 11) is 0. The molecule has 4 N–H and O–H groups in total. The molecule has 1 heterocycles. The number of rotatable bonds is 6. The number of nitrogen functional groups attached to an aromatic ring is 1. The molecule has 0 aromatic carbocycles. The van der Waals surface area contributed by atoms with E-state index in [0.29, 0.717) is 12.5 Å². The van der Waals surface area contributed by atoms with Gasteiger partial charge in [-0.1, -0.05) is 26.2 Å². The van der Waals surface area contributed by atoms with Gasteiger partial charge in [-0.3, -0.25) is 15.5 Å². The minimum atomic E-state index is -0.495. The van der Waals surface area contributed by atoms with E-state index in [-0.39, 0.29) is 17.5 Å². The molecule has 21 heavy (non-hydrogen) atoms. The van der Waals surface area contributed by atoms with E-state index in [9.17, 15) is 10.1 Å². The van der Waals surface area contributed by atoms with Gasteiger partial charge in [0.1, 0.15) is 6.20 Å². The number of hydrogen-bond donors (Lipinski definition) is 3. The average molecular weight is 294 g/mol. The van der Waals surface area contributed by atoms with Gasteiger partial charge < -0.3 is 5.32 Å². The second kappa shape index (κ2) is 7.16. The molecule has 8 heteroatoms. The van der Waals surface area contributed by atoms with Crippen LogP contribution < -0.4 is 16.6 Å². The molecule has 0 saturated heterocycles. The monoisotopic (exact) mass is 294 g/mol. The maximum absolute atomic E-state index is 11.0. The zero-order chi connectivity index (χ0) is 15.2. The van der Waals surface area contributed by atoms with Crippen LogP contribution in [0.25, 0.3) is 0 Å². The van der Waals surface area contributed by atoms with Crippen molar-refractivity contribution in [1.29, 1.82) is 0 Å². The van der Waals surface area contributed by atoms with Gasteiger partial charge in [-0.15, -0.1) is 0 Å². The van der Waals surface area contributed by atoms with E-state index in [2.05, 4.69) is 27.6 Å². The molecule has 1 aliphatic carbocycles. The molecule has 8 nitrogen and oxygen atoms in total. The van der Waals surface area contributed by atoms with E-state index in [1.165, 1.54) is 25.7 Å². The van der Waals surface area contributed by atoms with Crippen molar-refractivity contribution in [2.75, 3.05) is 17.3 Å². The fourth-order valence-electron chi connectivity index (χ4n) is 2.93. The molecule has 1 saturated carbocycles. The number of aromatic nitrogens is 2. The quantitative estimate of drug-likeness (QED) is 0.418. The molecule has 0 amide bonds. The number of anilines is 2. The van der Waals surface area contributed by atoms with Gasteiger partial charge in [-0.2, -0.15) is 4.98 Å². The largest absolute Gasteiger partial charge is 0.364 e. The Labute approximate surface area is 123 Å². The molecule has 2 unspecified atom stereocenters. The molecule has 116 valence electrons. The normalized spacial score (nSPS) is 21.8. The minimum Gasteiger partial charge on any atom is -0.364 e. The van der Waals surface area contributed by atoms with Crippen LogP contribution in [0.4, 0.5) is 17.5 Å². The predicted molar refractivity (Wildman–Crippen MR) is 80.7 cm³/mol. The highest BCUT2D eigenvalue weighted by atomic mass is 16.6. The van der Waals surface area contributed by atoms with Gasteiger partial charge >= 0.3 is 5.69 Å². The van der Waals surface area contributed by atoms with Gasteiger partial charge in [0.05, 0.1) is 4.92 Å². The molecule has 0 aliphatic heterocycles. The molecule has 2 atom stereocenters. The van der Waals surface area contributed by atoms with E-state index in [0.717, 1.165) is 18.5 Å². The summed E-state index contributed by atoms with van der Waals surface area (Å²) in [6.45, 7) is 2.95. The van der Waals surface area contributed by atoms with Crippen LogP contribution >= 0.6 is 0 Å². The summed E-state index contributed by atoms with van der Waals surface area (Å²) in [5, 5.41) is 14.0. The summed E-state index contributed by atoms with van der Waals surface area (Å²) in [5.74, 6) is 7.08. The number of nitrogens with one attached hydrogen (secondary N) is 2. The molecule has 0 spiro atoms. The summed E-state index contributed by atoms with van der Waals surface area (Å²) in [6.07, 6.45) is 7.23. The molecule has 0 bridgehead atoms. The Morgan fingerprint density at radius 1 is 1.52 bits per heavy atom. The van der Waals surface area contributed by atoms with Crippen molar-refractivity contribution in [3.63, 3.8) is 0 Å². The van der Waals surface area contributed by atoms with E-state index in [4.69, 9.17) is 5.84 Å². The lowest BCUT2D eigenvalue weighted by atomic mass is 9.81. The Morgan fingerprint density at radius 3 is 3.00 bits per heavy atom. The first-order chi connectivity index (χ1) is 10.1. The van der Waals surface area contributed by atoms with E-state index in [1.54, 1.807) is 0 Å². The number of nitrogens with two attached hydrogens (primary N) is 1. The summed E-state index contributed by atoms with van der Waals surface area (Å²) in [4.78, 5) is 18.2. The first-order valence-electron chi connectivity index (χ1n) is 7.32. The number of hydrogen-bond acceptors (Lipinski definition) is 7. The van der Waals surface area contributed by atoms with Gasteiger partial charge in [0.25, 0.3) is 0 Å². The molecule has 0 radical (unpaired) electrons. The van der Waals surface area contributed by atoms with Crippen LogP contribution in [-0.2, 0) is 0 Å². The SMILES string of the molecule is CC1CCCC(CCNc2nc(NN)ncc2[N+](=O)[O-])C1. The second-order valence-corrected chi connectivity index (χ2v) is 5.68. The zero-order valence-corrected chi connectivity index (χ0v) is 12.2. The molecule has 1 fully saturated rings. The average Bonchev–Trinajstić information content (AvgIpc) is 2.47. The van der Waals surface area contributed by atoms with Crippen molar-refractivity contribution in [1.82, 2.24) is 9.97 Å². The highest BCUT2D eigenvalue weighted by Gasteiger charge is 2.20. The van der Waals surface area contributed by atoms with E-state index >= 15 is 0 Å². The second-order valence-electron chi connectivity index (χ2n) is 5.68. The molecule has 2 rings (SSSR count). The van der Waals surface area contributed by atoms with Crippen LogP contribution in [0.15, 0.2) is 6.20 Å². The van der Waals surface area contributed by atoms with Crippen LogP contribution in [0.1, 0.15) is 39.0 Å². The first kappa shape index (κ1) is 15.4. The summed E-state index contributed by atoms with van der Waals surface area (Å²) >= 11 is 0. The zero-order valence-electron chi connectivity index (χ0n) is 12.2. The van der Waals surface area contributed by atoms with Crippen LogP contribution in [0.3, 0.4) is 0 Å². The Bertz CT molecular complexity index is 496. The molecular weight excluding hydrogens is 272 g/mol. The van der Waals surface area contributed by atoms with Crippen LogP contribution in [0.5, 0.6) is 0 Å². The van der Waals surface area contributed by atoms with Gasteiger partial charge in [0.2, 0.25) is 11.8 Å². The summed E-state index contributed by atoms with van der Waals surface area (Å²) in [5.41, 5.74) is 2.16. The number of nitrogens with zero attached hydrogens (tertiary/aromatic N) is 3. The van der Waals surface area contributed by atoms with Crippen molar-refractivity contribution in [2.45, 2.75) is 39.0 Å². The molecule has 1 aromatic rings. The lowest BCUT2D eigenvalue weighted by molar-refractivity contribution is -0.384.